The molecule has 1 saturated carbocycles. The fourth-order valence-corrected chi connectivity index (χ4v) is 4.00. The van der Waals surface area contributed by atoms with E-state index in [4.69, 9.17) is 0 Å². The van der Waals surface area contributed by atoms with Gasteiger partial charge in [0.05, 0.1) is 16.1 Å². The lowest BCUT2D eigenvalue weighted by Crippen LogP contribution is -2.42. The number of fused-ring (bicyclic) bond motifs is 1. The molecule has 0 spiro atoms. The second kappa shape index (κ2) is 7.54. The van der Waals surface area contributed by atoms with Gasteiger partial charge in [-0.3, -0.25) is 0 Å². The summed E-state index contributed by atoms with van der Waals surface area (Å²) in [5, 5.41) is 4.84. The molecule has 1 aliphatic carbocycles. The van der Waals surface area contributed by atoms with Crippen molar-refractivity contribution < 1.29 is 13.2 Å². The average Bonchev–Trinajstić information content (AvgIpc) is 3.19. The van der Waals surface area contributed by atoms with Crippen LogP contribution in [-0.2, 0) is 12.7 Å². The van der Waals surface area contributed by atoms with Crippen molar-refractivity contribution in [2.24, 2.45) is 0 Å². The van der Waals surface area contributed by atoms with Crippen LogP contribution < -0.4 is 15.9 Å². The van der Waals surface area contributed by atoms with Crippen LogP contribution in [0.1, 0.15) is 42.6 Å². The molecule has 152 valence electrons. The zero-order valence-electron chi connectivity index (χ0n) is 16.3. The van der Waals surface area contributed by atoms with E-state index in [1.165, 1.54) is 18.9 Å². The molecule has 1 aliphatic heterocycles. The molecule has 29 heavy (non-hydrogen) atoms. The highest BCUT2D eigenvalue weighted by molar-refractivity contribution is 5.56. The van der Waals surface area contributed by atoms with Gasteiger partial charge in [-0.25, -0.2) is 9.97 Å². The maximum Gasteiger partial charge on any atom is 0.416 e. The number of alkyl halides is 3. The predicted octanol–water partition coefficient (Wildman–Crippen LogP) is 3.71. The molecule has 0 bridgehead atoms. The Balaban J connectivity index is 1.65. The fourth-order valence-electron chi connectivity index (χ4n) is 4.00. The lowest BCUT2D eigenvalue weighted by Gasteiger charge is -2.30. The van der Waals surface area contributed by atoms with Crippen LogP contribution in [0.4, 0.5) is 19.0 Å². The number of aromatic nitrogens is 2. The molecule has 2 heterocycles. The van der Waals surface area contributed by atoms with Crippen LogP contribution in [0.15, 0.2) is 36.5 Å². The number of hydrogen-bond acceptors (Lipinski definition) is 4. The molecule has 0 amide bonds. The van der Waals surface area contributed by atoms with Crippen molar-refractivity contribution in [1.29, 1.82) is 0 Å². The summed E-state index contributed by atoms with van der Waals surface area (Å²) < 4.78 is 38.9. The second-order valence-electron chi connectivity index (χ2n) is 7.58. The first-order valence-electron chi connectivity index (χ1n) is 9.77. The van der Waals surface area contributed by atoms with Crippen LogP contribution in [0.25, 0.3) is 12.3 Å². The summed E-state index contributed by atoms with van der Waals surface area (Å²) in [5.41, 5.74) is 0.800. The number of rotatable bonds is 4. The lowest BCUT2D eigenvalue weighted by molar-refractivity contribution is -0.137. The number of allylic oxidation sites excluding steroid dienone is 1. The van der Waals surface area contributed by atoms with E-state index in [1.54, 1.807) is 13.0 Å². The molecule has 2 aromatic rings. The summed E-state index contributed by atoms with van der Waals surface area (Å²) in [6, 6.07) is 5.76. The molecule has 0 saturated heterocycles. The second-order valence-corrected chi connectivity index (χ2v) is 7.58. The van der Waals surface area contributed by atoms with Crippen LogP contribution >= 0.6 is 0 Å². The monoisotopic (exact) mass is 400 g/mol. The molecule has 4 nitrogen and oxygen atoms in total. The average molecular weight is 400 g/mol. The third-order valence-electron chi connectivity index (χ3n) is 5.42. The first-order chi connectivity index (χ1) is 13.8. The van der Waals surface area contributed by atoms with Gasteiger partial charge in [-0.15, -0.1) is 0 Å². The molecule has 4 rings (SSSR count). The van der Waals surface area contributed by atoms with Gasteiger partial charge in [-0.05, 0) is 43.5 Å². The van der Waals surface area contributed by atoms with Gasteiger partial charge < -0.3 is 10.2 Å². The van der Waals surface area contributed by atoms with Gasteiger partial charge in [0.1, 0.15) is 11.6 Å². The van der Waals surface area contributed by atoms with Crippen molar-refractivity contribution in [2.75, 3.05) is 5.32 Å². The van der Waals surface area contributed by atoms with Crippen molar-refractivity contribution in [3.8, 4) is 0 Å². The first-order valence-corrected chi connectivity index (χ1v) is 9.77. The zero-order valence-corrected chi connectivity index (χ0v) is 16.3. The highest BCUT2D eigenvalue weighted by Crippen LogP contribution is 2.30. The van der Waals surface area contributed by atoms with Crippen molar-refractivity contribution in [3.63, 3.8) is 0 Å². The summed E-state index contributed by atoms with van der Waals surface area (Å²) in [6.07, 6.45) is 4.29. The number of hydrogen-bond donors (Lipinski definition) is 1. The molecular weight excluding hydrogens is 377 g/mol. The van der Waals surface area contributed by atoms with E-state index in [0.717, 1.165) is 41.2 Å². The molecule has 0 atom stereocenters. The van der Waals surface area contributed by atoms with E-state index in [-0.39, 0.29) is 6.54 Å². The van der Waals surface area contributed by atoms with Gasteiger partial charge in [-0.1, -0.05) is 31.6 Å². The quantitative estimate of drug-likeness (QED) is 0.850. The molecule has 0 unspecified atom stereocenters. The SMILES string of the molecule is C=C1C=c2nc(C)nc(NCc3cccc(C(F)(F)F)c3)c2=CN1C1CCCC1. The Labute approximate surface area is 167 Å². The molecular formula is C22H23F3N4. The summed E-state index contributed by atoms with van der Waals surface area (Å²) in [5.74, 6) is 1.22. The van der Waals surface area contributed by atoms with Crippen LogP contribution in [0.5, 0.6) is 0 Å². The number of halogens is 3. The summed E-state index contributed by atoms with van der Waals surface area (Å²) in [4.78, 5) is 11.2. The fraction of sp³-hybridized carbons (Fsp3) is 0.364. The summed E-state index contributed by atoms with van der Waals surface area (Å²) >= 11 is 0. The van der Waals surface area contributed by atoms with Crippen molar-refractivity contribution in [2.45, 2.75) is 51.4 Å². The number of anilines is 1. The first kappa shape index (κ1) is 19.5. The third kappa shape index (κ3) is 4.13. The van der Waals surface area contributed by atoms with Crippen LogP contribution in [0, 0.1) is 6.92 Å². The minimum Gasteiger partial charge on any atom is -0.365 e. The molecule has 1 aromatic heterocycles. The van der Waals surface area contributed by atoms with Gasteiger partial charge in [0.2, 0.25) is 0 Å². The van der Waals surface area contributed by atoms with E-state index >= 15 is 0 Å². The maximum absolute atomic E-state index is 13.0. The van der Waals surface area contributed by atoms with Gasteiger partial charge in [0.15, 0.2) is 0 Å². The van der Waals surface area contributed by atoms with Crippen LogP contribution in [0.2, 0.25) is 0 Å². The molecule has 1 aromatic carbocycles. The number of benzene rings is 1. The summed E-state index contributed by atoms with van der Waals surface area (Å²) in [7, 11) is 0. The molecule has 7 heteroatoms. The number of nitrogens with one attached hydrogen (secondary N) is 1. The van der Waals surface area contributed by atoms with Crippen molar-refractivity contribution >= 4 is 18.1 Å². The van der Waals surface area contributed by atoms with Crippen molar-refractivity contribution in [1.82, 2.24) is 14.9 Å². The zero-order chi connectivity index (χ0) is 20.6. The molecule has 0 radical (unpaired) electrons. The Morgan fingerprint density at radius 3 is 2.69 bits per heavy atom. The molecule has 1 N–H and O–H groups in total. The molecule has 1 fully saturated rings. The Morgan fingerprint density at radius 1 is 1.21 bits per heavy atom. The smallest absolute Gasteiger partial charge is 0.365 e. The topological polar surface area (TPSA) is 41.1 Å². The Bertz CT molecular complexity index is 1050. The number of aryl methyl sites for hydroxylation is 1. The Hall–Kier alpha value is -2.83. The Kier molecular flexibility index (Phi) is 5.06. The van der Waals surface area contributed by atoms with E-state index in [2.05, 4.69) is 26.8 Å². The van der Waals surface area contributed by atoms with E-state index in [9.17, 15) is 13.2 Å². The van der Waals surface area contributed by atoms with E-state index in [0.29, 0.717) is 23.2 Å². The third-order valence-corrected chi connectivity index (χ3v) is 5.42. The predicted molar refractivity (Wildman–Crippen MR) is 107 cm³/mol. The van der Waals surface area contributed by atoms with Crippen LogP contribution in [-0.4, -0.2) is 20.9 Å². The minimum atomic E-state index is -4.36. The standard InChI is InChI=1S/C22H23F3N4/c1-14-10-20-19(13-29(14)18-8-3-4-9-18)21(28-15(2)27-20)26-12-16-6-5-7-17(11-16)22(23,24)25/h5-7,10-11,13,18H,1,3-4,8-9,12H2,2H3,(H,26,27,28). The lowest BCUT2D eigenvalue weighted by atomic mass is 10.1. The maximum atomic E-state index is 13.0. The number of nitrogens with zero attached hydrogens (tertiary/aromatic N) is 3. The highest BCUT2D eigenvalue weighted by atomic mass is 19.4. The van der Waals surface area contributed by atoms with Crippen LogP contribution in [0.3, 0.4) is 0 Å². The van der Waals surface area contributed by atoms with Gasteiger partial charge in [0, 0.05) is 24.5 Å². The van der Waals surface area contributed by atoms with E-state index in [1.807, 2.05) is 12.3 Å². The normalized spacial score (nSPS) is 17.0. The van der Waals surface area contributed by atoms with E-state index < -0.39 is 11.7 Å². The van der Waals surface area contributed by atoms with Crippen molar-refractivity contribution in [3.05, 3.63) is 64.1 Å². The Morgan fingerprint density at radius 2 is 1.97 bits per heavy atom. The summed E-state index contributed by atoms with van der Waals surface area (Å²) in [6.45, 7) is 6.22. The van der Waals surface area contributed by atoms with Gasteiger partial charge in [-0.2, -0.15) is 13.2 Å². The molecule has 2 aliphatic rings. The highest BCUT2D eigenvalue weighted by Gasteiger charge is 2.30. The van der Waals surface area contributed by atoms with Gasteiger partial charge in [0.25, 0.3) is 0 Å². The minimum absolute atomic E-state index is 0.241. The van der Waals surface area contributed by atoms with Gasteiger partial charge >= 0.3 is 6.18 Å². The largest absolute Gasteiger partial charge is 0.416 e.